The van der Waals surface area contributed by atoms with Crippen molar-refractivity contribution in [3.05, 3.63) is 0 Å². The second kappa shape index (κ2) is 6.27. The van der Waals surface area contributed by atoms with E-state index >= 15 is 0 Å². The van der Waals surface area contributed by atoms with E-state index in [0.29, 0.717) is 0 Å². The van der Waals surface area contributed by atoms with Gasteiger partial charge in [-0.1, -0.05) is 0 Å². The fourth-order valence-electron chi connectivity index (χ4n) is 0. The third-order valence-electron chi connectivity index (χ3n) is 0. The van der Waals surface area contributed by atoms with Gasteiger partial charge in [0.25, 0.3) is 0 Å². The van der Waals surface area contributed by atoms with E-state index in [0.717, 1.165) is 0 Å². The molecule has 0 atom stereocenters. The van der Waals surface area contributed by atoms with E-state index in [9.17, 15) is 0 Å². The van der Waals surface area contributed by atoms with Crippen LogP contribution < -0.4 is 29.4 Å². The van der Waals surface area contributed by atoms with Gasteiger partial charge in [-0.3, -0.25) is 0 Å². The Balaban J connectivity index is -0.000000107. The predicted octanol–water partition coefficient (Wildman–Crippen LogP) is -5.65. The minimum atomic E-state index is -5.39. The van der Waals surface area contributed by atoms with Crippen molar-refractivity contribution in [2.24, 2.45) is 0 Å². The number of hydrogen-bond acceptors (Lipinski definition) is 8. The van der Waals surface area contributed by atoms with Gasteiger partial charge in [-0.25, -0.2) is 0 Å². The Kier molecular flexibility index (Phi) is 10.1. The zero-order valence-electron chi connectivity index (χ0n) is 4.49. The van der Waals surface area contributed by atoms with E-state index in [-0.39, 0.29) is 16.8 Å². The van der Waals surface area contributed by atoms with Gasteiger partial charge in [-0.15, -0.1) is 0 Å². The van der Waals surface area contributed by atoms with Crippen molar-refractivity contribution in [3.8, 4) is 0 Å². The summed E-state index contributed by atoms with van der Waals surface area (Å²) in [5.41, 5.74) is 0. The maximum Gasteiger partial charge on any atom is 2.00 e. The quantitative estimate of drug-likeness (QED) is 0.381. The molecule has 0 saturated carbocycles. The summed E-state index contributed by atoms with van der Waals surface area (Å²) in [7, 11) is -10.8. The molecule has 0 N–H and O–H groups in total. The van der Waals surface area contributed by atoms with Crippen molar-refractivity contribution in [1.82, 2.24) is 0 Å². The Morgan fingerprint density at radius 2 is 0.636 bits per heavy atom. The monoisotopic (exact) mass is 249 g/mol. The van der Waals surface area contributed by atoms with Crippen molar-refractivity contribution in [2.75, 3.05) is 0 Å². The molecule has 0 spiro atoms. The van der Waals surface area contributed by atoms with E-state index in [1.165, 1.54) is 0 Å². The van der Waals surface area contributed by atoms with Crippen LogP contribution in [-0.4, -0.2) is 0 Å². The van der Waals surface area contributed by atoms with Crippen LogP contribution in [0.5, 0.6) is 0 Å². The van der Waals surface area contributed by atoms with E-state index in [2.05, 4.69) is 0 Å². The average molecular weight is 249 g/mol. The molecule has 8 nitrogen and oxygen atoms in total. The number of phosphoric acid groups is 2. The van der Waals surface area contributed by atoms with Crippen molar-refractivity contribution in [3.63, 3.8) is 0 Å². The number of rotatable bonds is 0. The fraction of sp³-hybridized carbons (Fsp3) is 0. The SMILES string of the molecule is O=P([O-])([O-])[O-].O=P([O-])([O-])[O-].[Co+2]. The minimum Gasteiger partial charge on any atom is -0.822 e. The zero-order chi connectivity index (χ0) is 9.00. The van der Waals surface area contributed by atoms with Gasteiger partial charge < -0.3 is 38.5 Å². The molecule has 11 heteroatoms. The predicted molar refractivity (Wildman–Crippen MR) is 15.2 cm³/mol. The van der Waals surface area contributed by atoms with Gasteiger partial charge in [0.15, 0.2) is 0 Å². The van der Waals surface area contributed by atoms with Gasteiger partial charge in [-0.2, -0.15) is 15.6 Å². The Hall–Kier alpha value is 0.726. The molecule has 0 aromatic heterocycles. The molecule has 0 unspecified atom stereocenters. The number of hydrogen-bond donors (Lipinski definition) is 0. The summed E-state index contributed by atoms with van der Waals surface area (Å²) in [6.45, 7) is 0. The van der Waals surface area contributed by atoms with E-state index < -0.39 is 15.6 Å². The molecule has 1 radical (unpaired) electrons. The van der Waals surface area contributed by atoms with Crippen LogP contribution in [0.15, 0.2) is 0 Å². The summed E-state index contributed by atoms with van der Waals surface area (Å²) in [6, 6.07) is 0. The maximum absolute atomic E-state index is 8.55. The van der Waals surface area contributed by atoms with Gasteiger partial charge >= 0.3 is 16.8 Å². The van der Waals surface area contributed by atoms with Crippen molar-refractivity contribution < 1.29 is 55.3 Å². The molecular weight excluding hydrogens is 249 g/mol. The second-order valence-corrected chi connectivity index (χ2v) is 2.68. The molecule has 0 aliphatic heterocycles. The van der Waals surface area contributed by atoms with Crippen molar-refractivity contribution in [2.45, 2.75) is 0 Å². The topological polar surface area (TPSA) is 172 Å². The van der Waals surface area contributed by atoms with E-state index in [1.54, 1.807) is 0 Å². The molecule has 0 aliphatic rings. The summed E-state index contributed by atoms with van der Waals surface area (Å²) >= 11 is 0. The van der Waals surface area contributed by atoms with Gasteiger partial charge in [0.05, 0.1) is 0 Å². The Labute approximate surface area is 71.6 Å². The van der Waals surface area contributed by atoms with Gasteiger partial charge in [0.1, 0.15) is 0 Å². The maximum atomic E-state index is 8.55. The summed E-state index contributed by atoms with van der Waals surface area (Å²) in [6.07, 6.45) is 0. The van der Waals surface area contributed by atoms with Crippen LogP contribution in [0.3, 0.4) is 0 Å². The first-order valence-corrected chi connectivity index (χ1v) is 4.38. The average Bonchev–Trinajstić information content (AvgIpc) is 1.12. The first-order chi connectivity index (χ1) is 4.00. The molecule has 0 bridgehead atoms. The van der Waals surface area contributed by atoms with E-state index in [4.69, 9.17) is 38.5 Å². The summed E-state index contributed by atoms with van der Waals surface area (Å²) in [5.74, 6) is 0. The van der Waals surface area contributed by atoms with Crippen LogP contribution >= 0.6 is 15.6 Å². The third-order valence-corrected chi connectivity index (χ3v) is 0. The normalized spacial score (nSPS) is 10.7. The molecular formula is CoO8P2-4. The molecule has 11 heavy (non-hydrogen) atoms. The van der Waals surface area contributed by atoms with Crippen molar-refractivity contribution in [1.29, 1.82) is 0 Å². The van der Waals surface area contributed by atoms with Crippen molar-refractivity contribution >= 4 is 15.6 Å². The Morgan fingerprint density at radius 1 is 0.636 bits per heavy atom. The summed E-state index contributed by atoms with van der Waals surface area (Å²) < 4.78 is 17.1. The standard InChI is InChI=1S/Co.2H3O4P/c;2*1-5(2,3)4/h;2*(H3,1,2,3,4)/q+2;;/p-6. The van der Waals surface area contributed by atoms with Crippen LogP contribution in [0.4, 0.5) is 0 Å². The molecule has 0 saturated heterocycles. The largest absolute Gasteiger partial charge is 2.00 e. The van der Waals surface area contributed by atoms with E-state index in [1.807, 2.05) is 0 Å². The van der Waals surface area contributed by atoms with Gasteiger partial charge in [0, 0.05) is 0 Å². The van der Waals surface area contributed by atoms with Crippen LogP contribution in [0.25, 0.3) is 0 Å². The fourth-order valence-corrected chi connectivity index (χ4v) is 0. The van der Waals surface area contributed by atoms with Gasteiger partial charge in [-0.05, 0) is 0 Å². The molecule has 0 aliphatic carbocycles. The zero-order valence-corrected chi connectivity index (χ0v) is 7.32. The second-order valence-electron chi connectivity index (χ2n) is 0.894. The molecule has 0 heterocycles. The Morgan fingerprint density at radius 3 is 0.636 bits per heavy atom. The summed E-state index contributed by atoms with van der Waals surface area (Å²) in [4.78, 5) is 51.3. The molecule has 0 rings (SSSR count). The summed E-state index contributed by atoms with van der Waals surface area (Å²) in [5, 5.41) is 0. The molecule has 0 aromatic rings. The van der Waals surface area contributed by atoms with Crippen LogP contribution in [0.2, 0.25) is 0 Å². The van der Waals surface area contributed by atoms with Crippen LogP contribution in [0, 0.1) is 0 Å². The minimum absolute atomic E-state index is 0. The van der Waals surface area contributed by atoms with Crippen LogP contribution in [0.1, 0.15) is 0 Å². The van der Waals surface area contributed by atoms with Gasteiger partial charge in [0.2, 0.25) is 0 Å². The first-order valence-electron chi connectivity index (χ1n) is 1.46. The smallest absolute Gasteiger partial charge is 0.822 e. The third kappa shape index (κ3) is 1550. The van der Waals surface area contributed by atoms with Crippen LogP contribution in [-0.2, 0) is 25.9 Å². The first kappa shape index (κ1) is 17.7. The molecule has 71 valence electrons. The molecule has 0 amide bonds. The Bertz CT molecular complexity index is 124. The molecule has 0 aromatic carbocycles. The molecule has 0 fully saturated rings.